The van der Waals surface area contributed by atoms with E-state index in [1.807, 2.05) is 20.8 Å². The Balaban J connectivity index is 2.79. The van der Waals surface area contributed by atoms with E-state index in [0.717, 1.165) is 22.4 Å². The maximum atomic E-state index is 11.9. The fourth-order valence-corrected chi connectivity index (χ4v) is 2.46. The lowest BCUT2D eigenvalue weighted by Gasteiger charge is -2.18. The van der Waals surface area contributed by atoms with E-state index in [4.69, 9.17) is 0 Å². The summed E-state index contributed by atoms with van der Waals surface area (Å²) in [6.07, 6.45) is 1.77. The van der Waals surface area contributed by atoms with Crippen molar-refractivity contribution in [1.29, 1.82) is 0 Å². The molecular weight excluding hydrogens is 214 g/mol. The van der Waals surface area contributed by atoms with Gasteiger partial charge < -0.3 is 4.90 Å². The normalized spacial score (nSPS) is 14.2. The van der Waals surface area contributed by atoms with E-state index in [-0.39, 0.29) is 0 Å². The molecule has 0 aliphatic carbocycles. The first-order valence-corrected chi connectivity index (χ1v) is 5.65. The minimum atomic E-state index is -0.425. The summed E-state index contributed by atoms with van der Waals surface area (Å²) in [7, 11) is 0. The van der Waals surface area contributed by atoms with E-state index in [9.17, 15) is 9.59 Å². The Morgan fingerprint density at radius 3 is 2.53 bits per heavy atom. The lowest BCUT2D eigenvalue weighted by atomic mass is 9.96. The number of hydrogen-bond acceptors (Lipinski definition) is 2. The van der Waals surface area contributed by atoms with E-state index in [2.05, 4.69) is 6.58 Å². The number of nitrogens with zero attached hydrogens (tertiary/aromatic N) is 1. The molecule has 3 heteroatoms. The van der Waals surface area contributed by atoms with Crippen molar-refractivity contribution in [2.24, 2.45) is 0 Å². The number of rotatable bonds is 2. The number of carbonyl (C=O) groups excluding carboxylic acids is 2. The Morgan fingerprint density at radius 1 is 1.35 bits per heavy atom. The summed E-state index contributed by atoms with van der Waals surface area (Å²) in [5, 5.41) is 0. The molecule has 0 atom stereocenters. The number of ketones is 1. The maximum Gasteiger partial charge on any atom is 0.299 e. The average Bonchev–Trinajstić information content (AvgIpc) is 2.54. The van der Waals surface area contributed by atoms with Gasteiger partial charge in [0.2, 0.25) is 0 Å². The molecule has 1 aliphatic heterocycles. The summed E-state index contributed by atoms with van der Waals surface area (Å²) < 4.78 is 0. The van der Waals surface area contributed by atoms with Crippen LogP contribution >= 0.6 is 0 Å². The number of Topliss-reactive ketones (excluding diaryl/α,β-unsaturated/α-hetero) is 1. The Labute approximate surface area is 101 Å². The molecule has 0 bridgehead atoms. The summed E-state index contributed by atoms with van der Waals surface area (Å²) in [6, 6.07) is 1.79. The van der Waals surface area contributed by atoms with Gasteiger partial charge in [-0.05, 0) is 43.5 Å². The molecular formula is C14H15NO2. The van der Waals surface area contributed by atoms with E-state index in [0.29, 0.717) is 12.1 Å². The molecule has 3 nitrogen and oxygen atoms in total. The molecule has 2 rings (SSSR count). The van der Waals surface area contributed by atoms with Gasteiger partial charge in [0.25, 0.3) is 11.7 Å². The van der Waals surface area contributed by atoms with Crippen LogP contribution in [0.25, 0.3) is 6.08 Å². The predicted octanol–water partition coefficient (Wildman–Crippen LogP) is 2.50. The van der Waals surface area contributed by atoms with Gasteiger partial charge in [0.15, 0.2) is 0 Å². The Morgan fingerprint density at radius 2 is 2.00 bits per heavy atom. The highest BCUT2D eigenvalue weighted by molar-refractivity contribution is 6.52. The molecule has 1 aromatic rings. The largest absolute Gasteiger partial charge is 0.305 e. The second kappa shape index (κ2) is 3.84. The maximum absolute atomic E-state index is 11.9. The summed E-state index contributed by atoms with van der Waals surface area (Å²) >= 11 is 0. The Kier molecular flexibility index (Phi) is 2.62. The smallest absolute Gasteiger partial charge is 0.299 e. The average molecular weight is 229 g/mol. The van der Waals surface area contributed by atoms with Gasteiger partial charge in [-0.1, -0.05) is 12.7 Å². The fourth-order valence-electron chi connectivity index (χ4n) is 2.46. The van der Waals surface area contributed by atoms with Crippen molar-refractivity contribution in [3.8, 4) is 0 Å². The molecule has 1 aliphatic rings. The van der Waals surface area contributed by atoms with E-state index in [1.165, 1.54) is 0 Å². The molecule has 0 N–H and O–H groups in total. The molecule has 1 aromatic carbocycles. The van der Waals surface area contributed by atoms with Crippen molar-refractivity contribution in [2.45, 2.75) is 20.8 Å². The number of anilines is 1. The van der Waals surface area contributed by atoms with Crippen LogP contribution in [0.5, 0.6) is 0 Å². The van der Waals surface area contributed by atoms with Gasteiger partial charge in [0.05, 0.1) is 11.3 Å². The van der Waals surface area contributed by atoms with Crippen LogP contribution in [-0.2, 0) is 4.79 Å². The minimum absolute atomic E-state index is 0.399. The minimum Gasteiger partial charge on any atom is -0.305 e. The molecule has 0 spiro atoms. The topological polar surface area (TPSA) is 37.4 Å². The first-order chi connectivity index (χ1) is 8.02. The zero-order chi connectivity index (χ0) is 12.7. The predicted molar refractivity (Wildman–Crippen MR) is 68.4 cm³/mol. The highest BCUT2D eigenvalue weighted by Crippen LogP contribution is 2.36. The van der Waals surface area contributed by atoms with E-state index in [1.54, 1.807) is 17.0 Å². The zero-order valence-electron chi connectivity index (χ0n) is 10.3. The number of likely N-dealkylation sites (N-methyl/N-ethyl adjacent to an activating group) is 1. The highest BCUT2D eigenvalue weighted by Gasteiger charge is 2.36. The quantitative estimate of drug-likeness (QED) is 0.731. The van der Waals surface area contributed by atoms with Gasteiger partial charge >= 0.3 is 0 Å². The van der Waals surface area contributed by atoms with Crippen molar-refractivity contribution in [2.75, 3.05) is 11.4 Å². The van der Waals surface area contributed by atoms with Gasteiger partial charge in [0.1, 0.15) is 0 Å². The SMILES string of the molecule is C=Cc1c(C)cc2c(c1C)N(CC)C(=O)C2=O. The van der Waals surface area contributed by atoms with Crippen LogP contribution in [0.1, 0.15) is 34.0 Å². The molecule has 0 unspecified atom stereocenters. The van der Waals surface area contributed by atoms with Gasteiger partial charge in [0, 0.05) is 6.54 Å². The van der Waals surface area contributed by atoms with Crippen LogP contribution in [0.15, 0.2) is 12.6 Å². The van der Waals surface area contributed by atoms with Crippen molar-refractivity contribution in [3.05, 3.63) is 34.9 Å². The summed E-state index contributed by atoms with van der Waals surface area (Å²) in [5.74, 6) is -0.824. The summed E-state index contributed by atoms with van der Waals surface area (Å²) in [5.41, 5.74) is 4.22. The second-order valence-corrected chi connectivity index (χ2v) is 4.21. The summed E-state index contributed by atoms with van der Waals surface area (Å²) in [6.45, 7) is 10.0. The standard InChI is InChI=1S/C14H15NO2/c1-5-10-8(3)7-11-12(9(10)4)15(6-2)14(17)13(11)16/h5,7H,1,6H2,2-4H3. The lowest BCUT2D eigenvalue weighted by Crippen LogP contribution is -2.29. The van der Waals surface area contributed by atoms with Crippen molar-refractivity contribution in [3.63, 3.8) is 0 Å². The van der Waals surface area contributed by atoms with Crippen LogP contribution in [0, 0.1) is 13.8 Å². The van der Waals surface area contributed by atoms with Crippen LogP contribution in [0.2, 0.25) is 0 Å². The second-order valence-electron chi connectivity index (χ2n) is 4.21. The van der Waals surface area contributed by atoms with Gasteiger partial charge in [-0.15, -0.1) is 0 Å². The van der Waals surface area contributed by atoms with Gasteiger partial charge in [-0.3, -0.25) is 9.59 Å². The molecule has 0 fully saturated rings. The number of hydrogen-bond donors (Lipinski definition) is 0. The molecule has 88 valence electrons. The van der Waals surface area contributed by atoms with E-state index < -0.39 is 11.7 Å². The van der Waals surface area contributed by atoms with Crippen molar-refractivity contribution >= 4 is 23.5 Å². The number of amides is 1. The Hall–Kier alpha value is -1.90. The third-order valence-electron chi connectivity index (χ3n) is 3.27. The van der Waals surface area contributed by atoms with Crippen molar-refractivity contribution in [1.82, 2.24) is 0 Å². The van der Waals surface area contributed by atoms with Crippen LogP contribution in [0.3, 0.4) is 0 Å². The monoisotopic (exact) mass is 229 g/mol. The van der Waals surface area contributed by atoms with Gasteiger partial charge in [-0.2, -0.15) is 0 Å². The third kappa shape index (κ3) is 1.42. The molecule has 1 heterocycles. The number of carbonyl (C=O) groups is 2. The van der Waals surface area contributed by atoms with Crippen LogP contribution in [0.4, 0.5) is 5.69 Å². The molecule has 0 radical (unpaired) electrons. The van der Waals surface area contributed by atoms with Gasteiger partial charge in [-0.25, -0.2) is 0 Å². The molecule has 17 heavy (non-hydrogen) atoms. The number of benzene rings is 1. The van der Waals surface area contributed by atoms with Crippen molar-refractivity contribution < 1.29 is 9.59 Å². The first-order valence-electron chi connectivity index (χ1n) is 5.65. The number of aryl methyl sites for hydroxylation is 1. The molecule has 1 amide bonds. The lowest BCUT2D eigenvalue weighted by molar-refractivity contribution is -0.114. The molecule has 0 saturated heterocycles. The van der Waals surface area contributed by atoms with Crippen LogP contribution in [-0.4, -0.2) is 18.2 Å². The zero-order valence-corrected chi connectivity index (χ0v) is 10.3. The molecule has 0 aromatic heterocycles. The fraction of sp³-hybridized carbons (Fsp3) is 0.286. The van der Waals surface area contributed by atoms with E-state index >= 15 is 0 Å². The Bertz CT molecular complexity index is 544. The third-order valence-corrected chi connectivity index (χ3v) is 3.27. The first kappa shape index (κ1) is 11.6. The molecule has 0 saturated carbocycles. The number of fused-ring (bicyclic) bond motifs is 1. The van der Waals surface area contributed by atoms with Crippen LogP contribution < -0.4 is 4.90 Å². The summed E-state index contributed by atoms with van der Waals surface area (Å²) in [4.78, 5) is 25.2. The highest BCUT2D eigenvalue weighted by atomic mass is 16.2.